The van der Waals surface area contributed by atoms with Gasteiger partial charge in [-0.05, 0) is 20.8 Å². The van der Waals surface area contributed by atoms with E-state index in [2.05, 4.69) is 20.6 Å². The lowest BCUT2D eigenvalue weighted by molar-refractivity contribution is 0.0938. The number of carbonyl (C=O) groups is 1. The fourth-order valence-corrected chi connectivity index (χ4v) is 1.08. The molecule has 1 heterocycles. The van der Waals surface area contributed by atoms with Gasteiger partial charge in [0.25, 0.3) is 5.91 Å². The Balaban J connectivity index is 2.76. The van der Waals surface area contributed by atoms with Gasteiger partial charge in [0, 0.05) is 12.6 Å². The van der Waals surface area contributed by atoms with Crippen LogP contribution in [0.1, 0.15) is 31.3 Å². The Hall–Kier alpha value is -1.65. The van der Waals surface area contributed by atoms with Crippen molar-refractivity contribution >= 4 is 11.7 Å². The second-order valence-corrected chi connectivity index (χ2v) is 3.45. The average Bonchev–Trinajstić information content (AvgIpc) is 2.17. The topological polar surface area (TPSA) is 66.9 Å². The highest BCUT2D eigenvalue weighted by atomic mass is 16.1. The van der Waals surface area contributed by atoms with Crippen molar-refractivity contribution < 1.29 is 4.79 Å². The number of rotatable bonds is 4. The van der Waals surface area contributed by atoms with Crippen molar-refractivity contribution in [1.82, 2.24) is 15.3 Å². The van der Waals surface area contributed by atoms with Crippen molar-refractivity contribution in [3.8, 4) is 0 Å². The first-order chi connectivity index (χ1) is 7.13. The van der Waals surface area contributed by atoms with Crippen molar-refractivity contribution in [3.05, 3.63) is 18.1 Å². The predicted octanol–water partition coefficient (Wildman–Crippen LogP) is 1.05. The molecule has 15 heavy (non-hydrogen) atoms. The number of hydrogen-bond donors (Lipinski definition) is 2. The van der Waals surface area contributed by atoms with E-state index in [1.54, 1.807) is 6.20 Å². The summed E-state index contributed by atoms with van der Waals surface area (Å²) < 4.78 is 0. The second kappa shape index (κ2) is 5.29. The smallest absolute Gasteiger partial charge is 0.271 e. The Kier molecular flexibility index (Phi) is 4.03. The minimum atomic E-state index is -0.197. The second-order valence-electron chi connectivity index (χ2n) is 3.45. The molecule has 0 aliphatic heterocycles. The van der Waals surface area contributed by atoms with Crippen LogP contribution in [0.3, 0.4) is 0 Å². The summed E-state index contributed by atoms with van der Waals surface area (Å²) in [5.74, 6) is 0.422. The average molecular weight is 208 g/mol. The van der Waals surface area contributed by atoms with E-state index in [0.717, 1.165) is 6.54 Å². The van der Waals surface area contributed by atoms with E-state index < -0.39 is 0 Å². The summed E-state index contributed by atoms with van der Waals surface area (Å²) in [6, 6.07) is 0.0992. The molecular formula is C10H16N4O. The van der Waals surface area contributed by atoms with E-state index in [4.69, 9.17) is 0 Å². The molecule has 5 heteroatoms. The Morgan fingerprint density at radius 2 is 2.20 bits per heavy atom. The lowest BCUT2D eigenvalue weighted by Crippen LogP contribution is -2.31. The first-order valence-corrected chi connectivity index (χ1v) is 5.00. The molecule has 1 aromatic heterocycles. The van der Waals surface area contributed by atoms with E-state index in [0.29, 0.717) is 11.5 Å². The van der Waals surface area contributed by atoms with Crippen molar-refractivity contribution in [2.75, 3.05) is 11.9 Å². The van der Waals surface area contributed by atoms with Crippen LogP contribution in [-0.2, 0) is 0 Å². The number of nitrogens with one attached hydrogen (secondary N) is 2. The van der Waals surface area contributed by atoms with Gasteiger partial charge in [-0.25, -0.2) is 4.98 Å². The van der Waals surface area contributed by atoms with E-state index in [1.807, 2.05) is 20.8 Å². The minimum Gasteiger partial charge on any atom is -0.369 e. The first-order valence-electron chi connectivity index (χ1n) is 5.00. The highest BCUT2D eigenvalue weighted by molar-refractivity contribution is 5.92. The summed E-state index contributed by atoms with van der Waals surface area (Å²) >= 11 is 0. The van der Waals surface area contributed by atoms with Crippen LogP contribution in [0.4, 0.5) is 5.82 Å². The molecule has 0 saturated heterocycles. The molecule has 0 radical (unpaired) electrons. The minimum absolute atomic E-state index is 0.0992. The lowest BCUT2D eigenvalue weighted by Gasteiger charge is -2.08. The molecule has 0 aliphatic rings. The summed E-state index contributed by atoms with van der Waals surface area (Å²) in [5.41, 5.74) is 0.335. The van der Waals surface area contributed by atoms with Crippen molar-refractivity contribution in [1.29, 1.82) is 0 Å². The molecule has 0 unspecified atom stereocenters. The molecule has 0 atom stereocenters. The molecule has 1 amide bonds. The number of carbonyl (C=O) groups excluding carboxylic acids is 1. The Bertz CT molecular complexity index is 338. The fourth-order valence-electron chi connectivity index (χ4n) is 1.08. The summed E-state index contributed by atoms with van der Waals surface area (Å²) in [7, 11) is 0. The number of anilines is 1. The van der Waals surface area contributed by atoms with Gasteiger partial charge in [0.05, 0.1) is 12.4 Å². The molecule has 0 aromatic carbocycles. The van der Waals surface area contributed by atoms with Crippen LogP contribution in [0.5, 0.6) is 0 Å². The Morgan fingerprint density at radius 1 is 1.47 bits per heavy atom. The van der Waals surface area contributed by atoms with Gasteiger partial charge in [-0.1, -0.05) is 0 Å². The quantitative estimate of drug-likeness (QED) is 0.776. The third-order valence-corrected chi connectivity index (χ3v) is 1.64. The van der Waals surface area contributed by atoms with Crippen LogP contribution in [0.15, 0.2) is 12.4 Å². The zero-order valence-electron chi connectivity index (χ0n) is 9.24. The third-order valence-electron chi connectivity index (χ3n) is 1.64. The molecule has 1 aromatic rings. The van der Waals surface area contributed by atoms with E-state index in [9.17, 15) is 4.79 Å². The molecule has 0 fully saturated rings. The zero-order valence-corrected chi connectivity index (χ0v) is 9.24. The Morgan fingerprint density at radius 3 is 2.80 bits per heavy atom. The van der Waals surface area contributed by atoms with Crippen molar-refractivity contribution in [2.45, 2.75) is 26.8 Å². The van der Waals surface area contributed by atoms with Gasteiger partial charge in [0.15, 0.2) is 0 Å². The van der Waals surface area contributed by atoms with Crippen LogP contribution >= 0.6 is 0 Å². The molecule has 5 nitrogen and oxygen atoms in total. The molecule has 1 rings (SSSR count). The van der Waals surface area contributed by atoms with Gasteiger partial charge in [-0.2, -0.15) is 0 Å². The standard InChI is InChI=1S/C10H16N4O/c1-4-12-9-6-11-5-8(14-9)10(15)13-7(2)3/h5-7H,4H2,1-3H3,(H,12,14)(H,13,15). The molecule has 0 saturated carbocycles. The maximum absolute atomic E-state index is 11.6. The largest absolute Gasteiger partial charge is 0.369 e. The van der Waals surface area contributed by atoms with Crippen molar-refractivity contribution in [2.24, 2.45) is 0 Å². The van der Waals surface area contributed by atoms with Gasteiger partial charge < -0.3 is 10.6 Å². The van der Waals surface area contributed by atoms with Gasteiger partial charge in [-0.3, -0.25) is 9.78 Å². The first kappa shape index (κ1) is 11.4. The highest BCUT2D eigenvalue weighted by Gasteiger charge is 2.09. The van der Waals surface area contributed by atoms with Crippen molar-refractivity contribution in [3.63, 3.8) is 0 Å². The van der Waals surface area contributed by atoms with Crippen LogP contribution in [0, 0.1) is 0 Å². The SMILES string of the molecule is CCNc1cncc(C(=O)NC(C)C)n1. The van der Waals surface area contributed by atoms with E-state index >= 15 is 0 Å². The number of nitrogens with zero attached hydrogens (tertiary/aromatic N) is 2. The third kappa shape index (κ3) is 3.53. The van der Waals surface area contributed by atoms with Crippen LogP contribution < -0.4 is 10.6 Å². The van der Waals surface area contributed by atoms with Gasteiger partial charge in [0.2, 0.25) is 0 Å². The predicted molar refractivity (Wildman–Crippen MR) is 58.8 cm³/mol. The lowest BCUT2D eigenvalue weighted by atomic mass is 10.3. The molecule has 0 spiro atoms. The maximum Gasteiger partial charge on any atom is 0.271 e. The van der Waals surface area contributed by atoms with E-state index in [1.165, 1.54) is 6.20 Å². The molecule has 2 N–H and O–H groups in total. The Labute approximate surface area is 89.3 Å². The van der Waals surface area contributed by atoms with Crippen LogP contribution in [0.25, 0.3) is 0 Å². The zero-order chi connectivity index (χ0) is 11.3. The number of aromatic nitrogens is 2. The summed E-state index contributed by atoms with van der Waals surface area (Å²) in [6.07, 6.45) is 3.05. The van der Waals surface area contributed by atoms with Gasteiger partial charge in [0.1, 0.15) is 11.5 Å². The van der Waals surface area contributed by atoms with E-state index in [-0.39, 0.29) is 11.9 Å². The number of amides is 1. The maximum atomic E-state index is 11.6. The van der Waals surface area contributed by atoms with Crippen LogP contribution in [0.2, 0.25) is 0 Å². The van der Waals surface area contributed by atoms with Crippen LogP contribution in [-0.4, -0.2) is 28.5 Å². The highest BCUT2D eigenvalue weighted by Crippen LogP contribution is 2.01. The molecule has 0 bridgehead atoms. The fraction of sp³-hybridized carbons (Fsp3) is 0.500. The monoisotopic (exact) mass is 208 g/mol. The summed E-state index contributed by atoms with van der Waals surface area (Å²) in [6.45, 7) is 6.52. The van der Waals surface area contributed by atoms with Gasteiger partial charge in [-0.15, -0.1) is 0 Å². The summed E-state index contributed by atoms with van der Waals surface area (Å²) in [4.78, 5) is 19.6. The normalized spacial score (nSPS) is 10.1. The van der Waals surface area contributed by atoms with Gasteiger partial charge >= 0.3 is 0 Å². The molecule has 82 valence electrons. The molecular weight excluding hydrogens is 192 g/mol. The molecule has 0 aliphatic carbocycles. The summed E-state index contributed by atoms with van der Waals surface area (Å²) in [5, 5.41) is 5.76. The number of hydrogen-bond acceptors (Lipinski definition) is 4.